The van der Waals surface area contributed by atoms with E-state index in [-0.39, 0.29) is 34.0 Å². The molecule has 3 aromatic carbocycles. The van der Waals surface area contributed by atoms with Crippen LogP contribution >= 0.6 is 11.6 Å². The van der Waals surface area contributed by atoms with E-state index in [0.29, 0.717) is 6.54 Å². The van der Waals surface area contributed by atoms with Crippen LogP contribution in [0.2, 0.25) is 5.02 Å². The first-order valence-corrected chi connectivity index (χ1v) is 12.0. The molecule has 0 aliphatic carbocycles. The smallest absolute Gasteiger partial charge is 0.251 e. The van der Waals surface area contributed by atoms with Crippen molar-refractivity contribution in [2.75, 3.05) is 20.6 Å². The Morgan fingerprint density at radius 3 is 2.22 bits per heavy atom. The molecule has 0 saturated heterocycles. The molecule has 0 heterocycles. The monoisotopic (exact) mass is 471 g/mol. The number of likely N-dealkylation sites (N-methyl/N-ethyl adjacent to an activating group) is 1. The Morgan fingerprint density at radius 2 is 1.59 bits per heavy atom. The number of nitrogens with zero attached hydrogens (tertiary/aromatic N) is 1. The van der Waals surface area contributed by atoms with Gasteiger partial charge in [-0.3, -0.25) is 4.79 Å². The maximum Gasteiger partial charge on any atom is 0.251 e. The lowest BCUT2D eigenvalue weighted by molar-refractivity contribution is 0.0941. The van der Waals surface area contributed by atoms with Crippen LogP contribution in [-0.2, 0) is 16.6 Å². The molecule has 0 aliphatic rings. The molecule has 0 aromatic heterocycles. The fourth-order valence-electron chi connectivity index (χ4n) is 3.27. The molecule has 0 spiro atoms. The average Bonchev–Trinajstić information content (AvgIpc) is 2.79. The lowest BCUT2D eigenvalue weighted by atomic mass is 10.1. The van der Waals surface area contributed by atoms with Crippen LogP contribution in [0.25, 0.3) is 0 Å². The van der Waals surface area contributed by atoms with Gasteiger partial charge < -0.3 is 10.2 Å². The quantitative estimate of drug-likeness (QED) is 0.497. The molecule has 0 unspecified atom stereocenters. The van der Waals surface area contributed by atoms with Crippen molar-refractivity contribution in [2.45, 2.75) is 17.5 Å². The molecule has 32 heavy (non-hydrogen) atoms. The van der Waals surface area contributed by atoms with Crippen molar-refractivity contribution < 1.29 is 13.2 Å². The first-order chi connectivity index (χ1) is 15.3. The fraction of sp³-hybridized carbons (Fsp3) is 0.208. The summed E-state index contributed by atoms with van der Waals surface area (Å²) in [5.41, 5.74) is 2.11. The first kappa shape index (κ1) is 23.9. The largest absolute Gasteiger partial charge is 0.350 e. The van der Waals surface area contributed by atoms with Crippen molar-refractivity contribution >= 4 is 27.5 Å². The summed E-state index contributed by atoms with van der Waals surface area (Å²) in [5, 5.41) is 2.95. The highest BCUT2D eigenvalue weighted by atomic mass is 35.5. The van der Waals surface area contributed by atoms with Gasteiger partial charge in [-0.2, -0.15) is 0 Å². The maximum absolute atomic E-state index is 12.8. The third-order valence-corrected chi connectivity index (χ3v) is 6.94. The third kappa shape index (κ3) is 6.17. The van der Waals surface area contributed by atoms with Crippen LogP contribution in [0.4, 0.5) is 0 Å². The van der Waals surface area contributed by atoms with E-state index in [1.807, 2.05) is 79.7 Å². The zero-order valence-corrected chi connectivity index (χ0v) is 19.5. The summed E-state index contributed by atoms with van der Waals surface area (Å²) in [6.45, 7) is 0.490. The summed E-state index contributed by atoms with van der Waals surface area (Å²) < 4.78 is 28.1. The molecule has 6 nitrogen and oxygen atoms in total. The van der Waals surface area contributed by atoms with Gasteiger partial charge in [0.2, 0.25) is 10.0 Å². The second-order valence-corrected chi connectivity index (χ2v) is 9.70. The topological polar surface area (TPSA) is 78.5 Å². The zero-order valence-electron chi connectivity index (χ0n) is 18.0. The highest BCUT2D eigenvalue weighted by Gasteiger charge is 2.21. The summed E-state index contributed by atoms with van der Waals surface area (Å²) >= 11 is 6.16. The molecule has 0 saturated carbocycles. The summed E-state index contributed by atoms with van der Waals surface area (Å²) in [6, 6.07) is 23.2. The lowest BCUT2D eigenvalue weighted by Gasteiger charge is -2.25. The predicted molar refractivity (Wildman–Crippen MR) is 127 cm³/mol. The van der Waals surface area contributed by atoms with Crippen LogP contribution in [0.15, 0.2) is 83.8 Å². The number of halogens is 1. The van der Waals surface area contributed by atoms with Gasteiger partial charge in [-0.15, -0.1) is 0 Å². The summed E-state index contributed by atoms with van der Waals surface area (Å²) in [7, 11) is -0.0237. The molecular formula is C24H26ClN3O3S. The second kappa shape index (κ2) is 10.7. The normalized spacial score (nSPS) is 12.5. The molecule has 3 rings (SSSR count). The Morgan fingerprint density at radius 1 is 0.969 bits per heavy atom. The van der Waals surface area contributed by atoms with Crippen LogP contribution in [0, 0.1) is 0 Å². The molecule has 0 aliphatic heterocycles. The Bertz CT molecular complexity index is 1150. The highest BCUT2D eigenvalue weighted by molar-refractivity contribution is 7.89. The van der Waals surface area contributed by atoms with E-state index in [4.69, 9.17) is 11.6 Å². The number of hydrogen-bond donors (Lipinski definition) is 2. The maximum atomic E-state index is 12.8. The van der Waals surface area contributed by atoms with E-state index < -0.39 is 10.0 Å². The lowest BCUT2D eigenvalue weighted by Crippen LogP contribution is -2.34. The number of carbonyl (C=O) groups is 1. The number of hydrogen-bond acceptors (Lipinski definition) is 4. The Balaban J connectivity index is 1.73. The van der Waals surface area contributed by atoms with Gasteiger partial charge in [0.15, 0.2) is 0 Å². The van der Waals surface area contributed by atoms with Gasteiger partial charge in [-0.25, -0.2) is 13.1 Å². The van der Waals surface area contributed by atoms with Crippen LogP contribution in [-0.4, -0.2) is 39.9 Å². The van der Waals surface area contributed by atoms with Crippen molar-refractivity contribution in [3.05, 3.63) is 101 Å². The van der Waals surface area contributed by atoms with Gasteiger partial charge >= 0.3 is 0 Å². The van der Waals surface area contributed by atoms with Crippen molar-refractivity contribution in [1.82, 2.24) is 14.9 Å². The minimum absolute atomic E-state index is 0.0248. The Labute approximate surface area is 194 Å². The summed E-state index contributed by atoms with van der Waals surface area (Å²) in [4.78, 5) is 14.7. The molecule has 8 heteroatoms. The van der Waals surface area contributed by atoms with Crippen molar-refractivity contribution in [3.8, 4) is 0 Å². The minimum atomic E-state index is -3.90. The van der Waals surface area contributed by atoms with Gasteiger partial charge in [0, 0.05) is 18.7 Å². The number of sulfonamides is 1. The van der Waals surface area contributed by atoms with Gasteiger partial charge in [0.05, 0.1) is 11.1 Å². The number of nitrogens with one attached hydrogen (secondary N) is 2. The van der Waals surface area contributed by atoms with Gasteiger partial charge in [-0.1, -0.05) is 72.3 Å². The summed E-state index contributed by atoms with van der Waals surface area (Å²) in [6.07, 6.45) is 0. The van der Waals surface area contributed by atoms with E-state index in [1.54, 1.807) is 0 Å². The molecule has 1 atom stereocenters. The van der Waals surface area contributed by atoms with Gasteiger partial charge in [0.25, 0.3) is 5.91 Å². The van der Waals surface area contributed by atoms with E-state index >= 15 is 0 Å². The molecule has 0 bridgehead atoms. The van der Waals surface area contributed by atoms with E-state index in [9.17, 15) is 13.2 Å². The molecule has 0 fully saturated rings. The SMILES string of the molecule is CN(C)[C@H](CNC(=O)c1ccc(Cl)c(S(=O)(=O)NCc2ccccc2)c1)c1ccccc1. The van der Waals surface area contributed by atoms with Crippen LogP contribution < -0.4 is 10.0 Å². The fourth-order valence-corrected chi connectivity index (χ4v) is 4.81. The highest BCUT2D eigenvalue weighted by Crippen LogP contribution is 2.23. The zero-order chi connectivity index (χ0) is 23.1. The Kier molecular flexibility index (Phi) is 8.04. The third-order valence-electron chi connectivity index (χ3n) is 5.06. The molecule has 168 valence electrons. The number of benzene rings is 3. The molecule has 0 radical (unpaired) electrons. The van der Waals surface area contributed by atoms with Crippen molar-refractivity contribution in [1.29, 1.82) is 0 Å². The van der Waals surface area contributed by atoms with E-state index in [0.717, 1.165) is 11.1 Å². The van der Waals surface area contributed by atoms with Gasteiger partial charge in [-0.05, 0) is 43.4 Å². The minimum Gasteiger partial charge on any atom is -0.350 e. The van der Waals surface area contributed by atoms with E-state index in [2.05, 4.69) is 10.0 Å². The first-order valence-electron chi connectivity index (χ1n) is 10.1. The molecular weight excluding hydrogens is 446 g/mol. The molecule has 1 amide bonds. The van der Waals surface area contributed by atoms with Crippen molar-refractivity contribution in [3.63, 3.8) is 0 Å². The molecule has 2 N–H and O–H groups in total. The van der Waals surface area contributed by atoms with Crippen molar-refractivity contribution in [2.24, 2.45) is 0 Å². The second-order valence-electron chi connectivity index (χ2n) is 7.56. The number of amides is 1. The Hall–Kier alpha value is -2.71. The van der Waals surface area contributed by atoms with Crippen LogP contribution in [0.1, 0.15) is 27.5 Å². The number of carbonyl (C=O) groups excluding carboxylic acids is 1. The van der Waals surface area contributed by atoms with E-state index in [1.165, 1.54) is 18.2 Å². The van der Waals surface area contributed by atoms with Gasteiger partial charge in [0.1, 0.15) is 4.90 Å². The summed E-state index contributed by atoms with van der Waals surface area (Å²) in [5.74, 6) is -0.371. The molecule has 3 aromatic rings. The number of rotatable bonds is 9. The predicted octanol–water partition coefficient (Wildman–Crippen LogP) is 3.85. The standard InChI is InChI=1S/C24H26ClN3O3S/c1-28(2)22(19-11-7-4-8-12-19)17-26-24(29)20-13-14-21(25)23(15-20)32(30,31)27-16-18-9-5-3-6-10-18/h3-15,22,27H,16-17H2,1-2H3,(H,26,29)/t22-/m1/s1. The van der Waals surface area contributed by atoms with Crippen LogP contribution in [0.5, 0.6) is 0 Å². The average molecular weight is 472 g/mol. The van der Waals surface area contributed by atoms with Crippen LogP contribution in [0.3, 0.4) is 0 Å².